The molecule has 66 heavy (non-hydrogen) atoms. The Bertz CT molecular complexity index is 3680. The summed E-state index contributed by atoms with van der Waals surface area (Å²) in [4.78, 5) is 0. The highest BCUT2D eigenvalue weighted by atomic mass is 79.9. The maximum absolute atomic E-state index is 9.73. The van der Waals surface area contributed by atoms with Crippen molar-refractivity contribution in [3.63, 3.8) is 0 Å². The van der Waals surface area contributed by atoms with Crippen molar-refractivity contribution in [3.05, 3.63) is 235 Å². The van der Waals surface area contributed by atoms with Crippen LogP contribution in [0.15, 0.2) is 244 Å². The Balaban J connectivity index is 0.000000146. The van der Waals surface area contributed by atoms with Crippen LogP contribution in [-0.2, 0) is 0 Å². The lowest BCUT2D eigenvalue weighted by Crippen LogP contribution is -2.29. The molecule has 12 rings (SSSR count). The molecule has 2 N–H and O–H groups in total. The fraction of sp³-hybridized carbons (Fsp3) is 0. The van der Waals surface area contributed by atoms with E-state index in [1.165, 1.54) is 22.3 Å². The van der Waals surface area contributed by atoms with Gasteiger partial charge in [0.15, 0.2) is 0 Å². The van der Waals surface area contributed by atoms with Gasteiger partial charge in [-0.05, 0) is 122 Å². The predicted molar refractivity (Wildman–Crippen MR) is 278 cm³/mol. The SMILES string of the molecule is Brc1cccc(-c2cc(-c3ccccc3)cc3c2oc2ccc(-c4ccccc4)cc23)c1.OB(O)c1cccc(-c2cc(-c3ccccc3)cc3c2oc2ccc(-c4ccccc4)cc23)c1. The van der Waals surface area contributed by atoms with Gasteiger partial charge >= 0.3 is 7.12 Å². The van der Waals surface area contributed by atoms with E-state index >= 15 is 0 Å². The second kappa shape index (κ2) is 17.7. The van der Waals surface area contributed by atoms with Gasteiger partial charge in [0, 0.05) is 37.1 Å². The average Bonchev–Trinajstić information content (AvgIpc) is 3.95. The lowest BCUT2D eigenvalue weighted by Gasteiger charge is -2.09. The molecule has 0 radical (unpaired) electrons. The molecule has 0 spiro atoms. The van der Waals surface area contributed by atoms with Crippen LogP contribution in [0.4, 0.5) is 0 Å². The number of halogens is 1. The maximum Gasteiger partial charge on any atom is 0.488 e. The molecular formula is C60H40BBrO4. The molecule has 0 aliphatic rings. The Morgan fingerprint density at radius 3 is 1.11 bits per heavy atom. The van der Waals surface area contributed by atoms with Crippen LogP contribution >= 0.6 is 15.9 Å². The van der Waals surface area contributed by atoms with Crippen molar-refractivity contribution in [2.75, 3.05) is 0 Å². The van der Waals surface area contributed by atoms with Crippen LogP contribution in [0.1, 0.15) is 0 Å². The Labute approximate surface area is 391 Å². The molecular weight excluding hydrogens is 875 g/mol. The summed E-state index contributed by atoms with van der Waals surface area (Å²) in [5.41, 5.74) is 17.1. The van der Waals surface area contributed by atoms with E-state index in [4.69, 9.17) is 8.83 Å². The second-order valence-electron chi connectivity index (χ2n) is 16.4. The largest absolute Gasteiger partial charge is 0.488 e. The minimum absolute atomic E-state index is 0.443. The molecule has 0 aliphatic carbocycles. The van der Waals surface area contributed by atoms with Gasteiger partial charge in [0.25, 0.3) is 0 Å². The highest BCUT2D eigenvalue weighted by molar-refractivity contribution is 9.10. The Morgan fingerprint density at radius 1 is 0.303 bits per heavy atom. The number of hydrogen-bond acceptors (Lipinski definition) is 4. The van der Waals surface area contributed by atoms with E-state index < -0.39 is 7.12 Å². The first-order valence-corrected chi connectivity index (χ1v) is 22.7. The van der Waals surface area contributed by atoms with Crippen molar-refractivity contribution in [2.45, 2.75) is 0 Å². The predicted octanol–water partition coefficient (Wildman–Crippen LogP) is 15.6. The number of furan rings is 2. The van der Waals surface area contributed by atoms with E-state index in [2.05, 4.69) is 168 Å². The topological polar surface area (TPSA) is 66.7 Å². The van der Waals surface area contributed by atoms with Gasteiger partial charge in [-0.25, -0.2) is 0 Å². The maximum atomic E-state index is 9.73. The molecule has 0 saturated heterocycles. The molecule has 2 aromatic heterocycles. The fourth-order valence-corrected chi connectivity index (χ4v) is 9.32. The first-order valence-electron chi connectivity index (χ1n) is 21.9. The summed E-state index contributed by atoms with van der Waals surface area (Å²) >= 11 is 3.63. The molecule has 314 valence electrons. The van der Waals surface area contributed by atoms with Crippen LogP contribution in [0.3, 0.4) is 0 Å². The smallest absolute Gasteiger partial charge is 0.455 e. The summed E-state index contributed by atoms with van der Waals surface area (Å²) in [7, 11) is -1.53. The molecule has 0 fully saturated rings. The summed E-state index contributed by atoms with van der Waals surface area (Å²) in [6, 6.07) is 78.8. The molecule has 12 aromatic rings. The summed E-state index contributed by atoms with van der Waals surface area (Å²) < 4.78 is 13.9. The monoisotopic (exact) mass is 914 g/mol. The lowest BCUT2D eigenvalue weighted by atomic mass is 9.79. The van der Waals surface area contributed by atoms with Crippen molar-refractivity contribution in [1.82, 2.24) is 0 Å². The number of benzene rings is 10. The molecule has 0 aliphatic heterocycles. The molecule has 0 saturated carbocycles. The second-order valence-corrected chi connectivity index (χ2v) is 17.3. The van der Waals surface area contributed by atoms with Crippen LogP contribution in [0.25, 0.3) is 111 Å². The minimum atomic E-state index is -1.53. The molecule has 0 atom stereocenters. The Hall–Kier alpha value is -7.74. The molecule has 6 heteroatoms. The Kier molecular flexibility index (Phi) is 11.0. The zero-order valence-electron chi connectivity index (χ0n) is 35.6. The van der Waals surface area contributed by atoms with Gasteiger partial charge in [-0.15, -0.1) is 0 Å². The first kappa shape index (κ1) is 41.0. The van der Waals surface area contributed by atoms with E-state index in [-0.39, 0.29) is 0 Å². The van der Waals surface area contributed by atoms with Crippen molar-refractivity contribution in [2.24, 2.45) is 0 Å². The molecule has 10 aromatic carbocycles. The van der Waals surface area contributed by atoms with Gasteiger partial charge in [-0.1, -0.05) is 186 Å². The summed E-state index contributed by atoms with van der Waals surface area (Å²) in [6.45, 7) is 0. The lowest BCUT2D eigenvalue weighted by molar-refractivity contribution is 0.426. The van der Waals surface area contributed by atoms with Gasteiger partial charge in [0.05, 0.1) is 0 Å². The number of rotatable bonds is 7. The van der Waals surface area contributed by atoms with Gasteiger partial charge in [-0.3, -0.25) is 0 Å². The van der Waals surface area contributed by atoms with Crippen molar-refractivity contribution >= 4 is 72.4 Å². The van der Waals surface area contributed by atoms with E-state index in [9.17, 15) is 10.0 Å². The zero-order chi connectivity index (χ0) is 44.6. The molecule has 0 amide bonds. The van der Waals surface area contributed by atoms with Crippen LogP contribution < -0.4 is 5.46 Å². The Morgan fingerprint density at radius 2 is 0.682 bits per heavy atom. The summed E-state index contributed by atoms with van der Waals surface area (Å²) in [6.07, 6.45) is 0. The van der Waals surface area contributed by atoms with Crippen molar-refractivity contribution < 1.29 is 18.9 Å². The summed E-state index contributed by atoms with van der Waals surface area (Å²) in [5, 5.41) is 23.8. The normalized spacial score (nSPS) is 11.3. The molecule has 0 unspecified atom stereocenters. The van der Waals surface area contributed by atoms with E-state index in [0.717, 1.165) is 92.9 Å². The molecule has 2 heterocycles. The third kappa shape index (κ3) is 8.03. The third-order valence-electron chi connectivity index (χ3n) is 12.2. The fourth-order valence-electron chi connectivity index (χ4n) is 8.92. The highest BCUT2D eigenvalue weighted by Gasteiger charge is 2.19. The van der Waals surface area contributed by atoms with Crippen molar-refractivity contribution in [3.8, 4) is 66.8 Å². The van der Waals surface area contributed by atoms with Gasteiger partial charge in [-0.2, -0.15) is 0 Å². The van der Waals surface area contributed by atoms with Crippen LogP contribution in [0, 0.1) is 0 Å². The molecule has 0 bridgehead atoms. The highest BCUT2D eigenvalue weighted by Crippen LogP contribution is 2.43. The van der Waals surface area contributed by atoms with E-state index in [0.29, 0.717) is 5.46 Å². The standard InChI is InChI=1S/C30H21BO3.C30H19BrO/c32-31(33)25-13-7-12-23(16-25)26-18-24(21-10-5-2-6-11-21)19-28-27-17-22(20-8-3-1-4-9-20)14-15-29(27)34-30(26)28;31-25-13-7-12-23(16-25)26-18-24(21-10-5-2-6-11-21)19-28-27-17-22(20-8-3-1-4-9-20)14-15-29(27)32-30(26)28/h1-19,32-33H;1-19H. The van der Waals surface area contributed by atoms with Gasteiger partial charge < -0.3 is 18.9 Å². The summed E-state index contributed by atoms with van der Waals surface area (Å²) in [5.74, 6) is 0. The quantitative estimate of drug-likeness (QED) is 0.156. The third-order valence-corrected chi connectivity index (χ3v) is 12.7. The van der Waals surface area contributed by atoms with Crippen molar-refractivity contribution in [1.29, 1.82) is 0 Å². The van der Waals surface area contributed by atoms with E-state index in [1.807, 2.05) is 66.7 Å². The number of fused-ring (bicyclic) bond motifs is 6. The van der Waals surface area contributed by atoms with Gasteiger partial charge in [0.1, 0.15) is 22.3 Å². The first-order chi connectivity index (χ1) is 32.4. The van der Waals surface area contributed by atoms with E-state index in [1.54, 1.807) is 12.1 Å². The zero-order valence-corrected chi connectivity index (χ0v) is 37.2. The van der Waals surface area contributed by atoms with Crippen LogP contribution in [0.2, 0.25) is 0 Å². The van der Waals surface area contributed by atoms with Gasteiger partial charge in [0.2, 0.25) is 0 Å². The van der Waals surface area contributed by atoms with Crippen LogP contribution in [-0.4, -0.2) is 17.2 Å². The molecule has 4 nitrogen and oxygen atoms in total. The average molecular weight is 916 g/mol. The number of hydrogen-bond donors (Lipinski definition) is 2. The van der Waals surface area contributed by atoms with Crippen LogP contribution in [0.5, 0.6) is 0 Å². The minimum Gasteiger partial charge on any atom is -0.455 e.